The molecule has 0 aromatic heterocycles. The van der Waals surface area contributed by atoms with E-state index in [0.29, 0.717) is 18.9 Å². The quantitative estimate of drug-likeness (QED) is 0.660. The number of ether oxygens (including phenoxy) is 1. The normalized spacial score (nSPS) is 19.5. The van der Waals surface area contributed by atoms with Gasteiger partial charge >= 0.3 is 0 Å². The van der Waals surface area contributed by atoms with Crippen LogP contribution in [-0.4, -0.2) is 46.2 Å². The van der Waals surface area contributed by atoms with Crippen LogP contribution in [0.2, 0.25) is 0 Å². The van der Waals surface area contributed by atoms with Crippen molar-refractivity contribution in [2.24, 2.45) is 5.92 Å². The minimum absolute atomic E-state index is 0.137. The van der Waals surface area contributed by atoms with Gasteiger partial charge in [-0.05, 0) is 31.7 Å². The van der Waals surface area contributed by atoms with Gasteiger partial charge < -0.3 is 10.1 Å². The van der Waals surface area contributed by atoms with Crippen molar-refractivity contribution in [3.8, 4) is 0 Å². The van der Waals surface area contributed by atoms with Crippen molar-refractivity contribution < 1.29 is 13.2 Å². The monoisotopic (exact) mass is 291 g/mol. The lowest BCUT2D eigenvalue weighted by Gasteiger charge is -2.30. The molecule has 0 aliphatic heterocycles. The van der Waals surface area contributed by atoms with Crippen molar-refractivity contribution in [2.45, 2.75) is 51.5 Å². The molecule has 1 unspecified atom stereocenters. The molecule has 19 heavy (non-hydrogen) atoms. The van der Waals surface area contributed by atoms with E-state index in [1.165, 1.54) is 32.1 Å². The van der Waals surface area contributed by atoms with Gasteiger partial charge in [0.25, 0.3) is 0 Å². The van der Waals surface area contributed by atoms with E-state index in [9.17, 15) is 8.42 Å². The van der Waals surface area contributed by atoms with Gasteiger partial charge in [-0.1, -0.05) is 26.2 Å². The zero-order valence-corrected chi connectivity index (χ0v) is 13.2. The van der Waals surface area contributed by atoms with Crippen molar-refractivity contribution >= 4 is 9.84 Å². The molecule has 1 atom stereocenters. The van der Waals surface area contributed by atoms with Gasteiger partial charge in [0.2, 0.25) is 0 Å². The fourth-order valence-corrected chi connectivity index (χ4v) is 4.60. The molecule has 0 bridgehead atoms. The van der Waals surface area contributed by atoms with Gasteiger partial charge in [0.15, 0.2) is 9.84 Å². The largest absolute Gasteiger partial charge is 0.385 e. The van der Waals surface area contributed by atoms with Crippen LogP contribution in [0.1, 0.15) is 45.4 Å². The molecule has 0 aromatic rings. The maximum atomic E-state index is 12.1. The molecule has 1 N–H and O–H groups in total. The van der Waals surface area contributed by atoms with Crippen molar-refractivity contribution in [2.75, 3.05) is 31.8 Å². The third-order valence-corrected chi connectivity index (χ3v) is 5.70. The minimum atomic E-state index is -2.97. The third kappa shape index (κ3) is 6.72. The predicted molar refractivity (Wildman–Crippen MR) is 79.2 cm³/mol. The molecule has 1 aliphatic carbocycles. The summed E-state index contributed by atoms with van der Waals surface area (Å²) in [5.41, 5.74) is 0. The first-order valence-corrected chi connectivity index (χ1v) is 9.34. The fraction of sp³-hybridized carbons (Fsp3) is 1.00. The maximum absolute atomic E-state index is 12.1. The van der Waals surface area contributed by atoms with Crippen molar-refractivity contribution in [1.82, 2.24) is 5.32 Å². The summed E-state index contributed by atoms with van der Waals surface area (Å²) in [7, 11) is -1.36. The number of rotatable bonds is 9. The molecule has 0 radical (unpaired) electrons. The molecular weight excluding hydrogens is 262 g/mol. The fourth-order valence-electron chi connectivity index (χ4n) is 2.94. The number of methoxy groups -OCH3 is 1. The van der Waals surface area contributed by atoms with E-state index in [2.05, 4.69) is 5.32 Å². The van der Waals surface area contributed by atoms with Crippen LogP contribution in [0.25, 0.3) is 0 Å². The molecule has 1 rings (SSSR count). The summed E-state index contributed by atoms with van der Waals surface area (Å²) in [6, 6.07) is 0.137. The maximum Gasteiger partial charge on any atom is 0.151 e. The second-order valence-electron chi connectivity index (χ2n) is 5.52. The average Bonchev–Trinajstić information content (AvgIpc) is 2.39. The predicted octanol–water partition coefficient (Wildman–Crippen LogP) is 2.00. The van der Waals surface area contributed by atoms with Crippen LogP contribution in [0.5, 0.6) is 0 Å². The molecule has 5 heteroatoms. The molecule has 1 aliphatic rings. The van der Waals surface area contributed by atoms with Crippen LogP contribution >= 0.6 is 0 Å². The van der Waals surface area contributed by atoms with Gasteiger partial charge in [-0.15, -0.1) is 0 Å². The number of nitrogens with one attached hydrogen (secondary N) is 1. The van der Waals surface area contributed by atoms with E-state index in [4.69, 9.17) is 4.74 Å². The Morgan fingerprint density at radius 1 is 1.26 bits per heavy atom. The summed E-state index contributed by atoms with van der Waals surface area (Å²) in [5, 5.41) is 3.39. The second kappa shape index (κ2) is 8.93. The molecular formula is C14H29NO3S. The molecule has 1 saturated carbocycles. The molecule has 4 nitrogen and oxygen atoms in total. The number of hydrogen-bond acceptors (Lipinski definition) is 4. The first-order valence-electron chi connectivity index (χ1n) is 7.52. The Bertz CT molecular complexity index is 324. The lowest BCUT2D eigenvalue weighted by molar-refractivity contribution is 0.199. The summed E-state index contributed by atoms with van der Waals surface area (Å²) in [4.78, 5) is 0. The lowest BCUT2D eigenvalue weighted by Crippen LogP contribution is -2.43. The summed E-state index contributed by atoms with van der Waals surface area (Å²) in [6.45, 7) is 3.41. The van der Waals surface area contributed by atoms with Gasteiger partial charge in [0.05, 0.1) is 11.5 Å². The Labute approximate surface area is 118 Å². The van der Waals surface area contributed by atoms with Crippen LogP contribution in [0.3, 0.4) is 0 Å². The van der Waals surface area contributed by atoms with Crippen molar-refractivity contribution in [3.05, 3.63) is 0 Å². The lowest BCUT2D eigenvalue weighted by atomic mass is 9.84. The van der Waals surface area contributed by atoms with E-state index in [0.717, 1.165) is 6.54 Å². The number of sulfone groups is 1. The third-order valence-electron chi connectivity index (χ3n) is 3.92. The van der Waals surface area contributed by atoms with E-state index in [-0.39, 0.29) is 17.5 Å². The molecule has 0 amide bonds. The highest BCUT2D eigenvalue weighted by atomic mass is 32.2. The average molecular weight is 291 g/mol. The number of hydrogen-bond donors (Lipinski definition) is 1. The highest BCUT2D eigenvalue weighted by Gasteiger charge is 2.27. The molecule has 1 fully saturated rings. The van der Waals surface area contributed by atoms with Gasteiger partial charge in [0, 0.05) is 19.8 Å². The van der Waals surface area contributed by atoms with Gasteiger partial charge in [-0.25, -0.2) is 8.42 Å². The van der Waals surface area contributed by atoms with E-state index in [1.54, 1.807) is 7.11 Å². The Hall–Kier alpha value is -0.130. The van der Waals surface area contributed by atoms with Crippen LogP contribution in [0.15, 0.2) is 0 Å². The Morgan fingerprint density at radius 3 is 2.53 bits per heavy atom. The standard InChI is InChI=1S/C14H29NO3S/c1-3-15-14(13-8-5-4-6-9-13)12-19(16,17)11-7-10-18-2/h13-15H,3-12H2,1-2H3. The van der Waals surface area contributed by atoms with E-state index < -0.39 is 9.84 Å². The van der Waals surface area contributed by atoms with Crippen LogP contribution in [0, 0.1) is 5.92 Å². The Morgan fingerprint density at radius 2 is 1.95 bits per heavy atom. The zero-order valence-electron chi connectivity index (χ0n) is 12.4. The summed E-state index contributed by atoms with van der Waals surface area (Å²) < 4.78 is 29.2. The Kier molecular flexibility index (Phi) is 7.95. The summed E-state index contributed by atoms with van der Waals surface area (Å²) in [5.74, 6) is 1.07. The molecule has 0 spiro atoms. The van der Waals surface area contributed by atoms with Crippen molar-refractivity contribution in [1.29, 1.82) is 0 Å². The SMILES string of the molecule is CCNC(CS(=O)(=O)CCCOC)C1CCCCC1. The van der Waals surface area contributed by atoms with Gasteiger partial charge in [-0.2, -0.15) is 0 Å². The molecule has 114 valence electrons. The van der Waals surface area contributed by atoms with Crippen LogP contribution in [-0.2, 0) is 14.6 Å². The highest BCUT2D eigenvalue weighted by molar-refractivity contribution is 7.91. The second-order valence-corrected chi connectivity index (χ2v) is 7.75. The Balaban J connectivity index is 2.51. The summed E-state index contributed by atoms with van der Waals surface area (Å²) in [6.07, 6.45) is 6.74. The van der Waals surface area contributed by atoms with Crippen molar-refractivity contribution in [3.63, 3.8) is 0 Å². The minimum Gasteiger partial charge on any atom is -0.385 e. The van der Waals surface area contributed by atoms with Gasteiger partial charge in [-0.3, -0.25) is 0 Å². The molecule has 0 aromatic carbocycles. The topological polar surface area (TPSA) is 55.4 Å². The van der Waals surface area contributed by atoms with Crippen LogP contribution in [0.4, 0.5) is 0 Å². The molecule has 0 heterocycles. The highest BCUT2D eigenvalue weighted by Crippen LogP contribution is 2.27. The van der Waals surface area contributed by atoms with E-state index in [1.807, 2.05) is 6.92 Å². The van der Waals surface area contributed by atoms with Crippen LogP contribution < -0.4 is 5.32 Å². The first-order chi connectivity index (χ1) is 9.09. The molecule has 0 saturated heterocycles. The zero-order chi connectivity index (χ0) is 14.1. The first kappa shape index (κ1) is 16.9. The summed E-state index contributed by atoms with van der Waals surface area (Å²) >= 11 is 0. The van der Waals surface area contributed by atoms with Gasteiger partial charge in [0.1, 0.15) is 0 Å². The van der Waals surface area contributed by atoms with E-state index >= 15 is 0 Å². The smallest absolute Gasteiger partial charge is 0.151 e.